The van der Waals surface area contributed by atoms with Crippen molar-refractivity contribution in [3.63, 3.8) is 0 Å². The van der Waals surface area contributed by atoms with Crippen LogP contribution in [0.5, 0.6) is 0 Å². The Kier molecular flexibility index (Phi) is 3.56. The van der Waals surface area contributed by atoms with Crippen LogP contribution < -0.4 is 0 Å². The Morgan fingerprint density at radius 3 is 2.53 bits per heavy atom. The SMILES string of the molecule is C[C@H](O)c1ccc(Cl)cc1-n1ccc(C(F)(F)F)n1. The van der Waals surface area contributed by atoms with Gasteiger partial charge in [-0.25, -0.2) is 4.68 Å². The monoisotopic (exact) mass is 290 g/mol. The van der Waals surface area contributed by atoms with Gasteiger partial charge in [-0.2, -0.15) is 18.3 Å². The molecule has 0 aliphatic rings. The predicted molar refractivity (Wildman–Crippen MR) is 64.2 cm³/mol. The molecule has 0 fully saturated rings. The van der Waals surface area contributed by atoms with Crippen molar-refractivity contribution in [1.29, 1.82) is 0 Å². The number of alkyl halides is 3. The van der Waals surface area contributed by atoms with Crippen LogP contribution in [-0.2, 0) is 6.18 Å². The largest absolute Gasteiger partial charge is 0.435 e. The number of nitrogens with zero attached hydrogens (tertiary/aromatic N) is 2. The number of rotatable bonds is 2. The quantitative estimate of drug-likeness (QED) is 0.918. The van der Waals surface area contributed by atoms with Crippen molar-refractivity contribution < 1.29 is 18.3 Å². The molecule has 2 rings (SSSR count). The molecule has 102 valence electrons. The number of benzene rings is 1. The first-order chi connectivity index (χ1) is 8.79. The maximum Gasteiger partial charge on any atom is 0.435 e. The molecule has 0 spiro atoms. The Balaban J connectivity index is 2.52. The number of aromatic nitrogens is 2. The van der Waals surface area contributed by atoms with Gasteiger partial charge in [-0.3, -0.25) is 0 Å². The molecular weight excluding hydrogens is 281 g/mol. The Morgan fingerprint density at radius 2 is 2.00 bits per heavy atom. The van der Waals surface area contributed by atoms with Crippen LogP contribution >= 0.6 is 11.6 Å². The summed E-state index contributed by atoms with van der Waals surface area (Å²) >= 11 is 5.82. The first kappa shape index (κ1) is 13.9. The van der Waals surface area contributed by atoms with Crippen LogP contribution in [0.15, 0.2) is 30.5 Å². The third kappa shape index (κ3) is 2.90. The molecular formula is C12H10ClF3N2O. The first-order valence-electron chi connectivity index (χ1n) is 5.40. The van der Waals surface area contributed by atoms with Gasteiger partial charge in [0.05, 0.1) is 11.8 Å². The fourth-order valence-corrected chi connectivity index (χ4v) is 1.84. The first-order valence-corrected chi connectivity index (χ1v) is 5.77. The molecule has 7 heteroatoms. The minimum Gasteiger partial charge on any atom is -0.389 e. The van der Waals surface area contributed by atoms with E-state index in [4.69, 9.17) is 11.6 Å². The molecule has 19 heavy (non-hydrogen) atoms. The highest BCUT2D eigenvalue weighted by atomic mass is 35.5. The smallest absolute Gasteiger partial charge is 0.389 e. The van der Waals surface area contributed by atoms with Gasteiger partial charge in [0.1, 0.15) is 0 Å². The molecule has 0 saturated carbocycles. The zero-order valence-corrected chi connectivity index (χ0v) is 10.6. The molecule has 1 aromatic carbocycles. The van der Waals surface area contributed by atoms with E-state index in [0.717, 1.165) is 10.7 Å². The Labute approximate surface area is 112 Å². The molecule has 0 saturated heterocycles. The normalized spacial score (nSPS) is 13.6. The molecule has 2 aromatic rings. The Bertz CT molecular complexity index is 593. The molecule has 0 aliphatic carbocycles. The van der Waals surface area contributed by atoms with Gasteiger partial charge in [0.15, 0.2) is 5.69 Å². The number of aliphatic hydroxyl groups excluding tert-OH is 1. The lowest BCUT2D eigenvalue weighted by Crippen LogP contribution is -2.08. The molecule has 0 amide bonds. The highest BCUT2D eigenvalue weighted by Gasteiger charge is 2.33. The summed E-state index contributed by atoms with van der Waals surface area (Å²) in [7, 11) is 0. The lowest BCUT2D eigenvalue weighted by atomic mass is 10.1. The molecule has 3 nitrogen and oxygen atoms in total. The van der Waals surface area contributed by atoms with Gasteiger partial charge in [0.2, 0.25) is 0 Å². The van der Waals surface area contributed by atoms with Gasteiger partial charge in [-0.05, 0) is 25.1 Å². The van der Waals surface area contributed by atoms with Crippen LogP contribution in [-0.4, -0.2) is 14.9 Å². The molecule has 0 aliphatic heterocycles. The Morgan fingerprint density at radius 1 is 1.32 bits per heavy atom. The minimum absolute atomic E-state index is 0.318. The standard InChI is InChI=1S/C12H10ClF3N2O/c1-7(19)9-3-2-8(13)6-10(9)18-5-4-11(17-18)12(14,15)16/h2-7,19H,1H3/t7-/m0/s1. The van der Waals surface area contributed by atoms with Gasteiger partial charge < -0.3 is 5.11 Å². The summed E-state index contributed by atoms with van der Waals surface area (Å²) in [6, 6.07) is 5.43. The second kappa shape index (κ2) is 4.86. The number of halogens is 4. The van der Waals surface area contributed by atoms with Gasteiger partial charge >= 0.3 is 6.18 Å². The summed E-state index contributed by atoms with van der Waals surface area (Å²) in [6.07, 6.45) is -4.17. The molecule has 1 heterocycles. The summed E-state index contributed by atoms with van der Waals surface area (Å²) in [6.45, 7) is 1.51. The van der Waals surface area contributed by atoms with E-state index in [9.17, 15) is 18.3 Å². The average molecular weight is 291 g/mol. The second-order valence-corrected chi connectivity index (χ2v) is 4.46. The van der Waals surface area contributed by atoms with Crippen LogP contribution in [0.2, 0.25) is 5.02 Å². The summed E-state index contributed by atoms with van der Waals surface area (Å²) < 4.78 is 38.6. The average Bonchev–Trinajstić information content (AvgIpc) is 2.77. The summed E-state index contributed by atoms with van der Waals surface area (Å²) in [5.74, 6) is 0. The lowest BCUT2D eigenvalue weighted by molar-refractivity contribution is -0.141. The van der Waals surface area contributed by atoms with E-state index in [2.05, 4.69) is 5.10 Å². The van der Waals surface area contributed by atoms with Crippen LogP contribution in [0.3, 0.4) is 0 Å². The molecule has 1 N–H and O–H groups in total. The summed E-state index contributed by atoms with van der Waals surface area (Å²) in [5.41, 5.74) is -0.233. The van der Waals surface area contributed by atoms with Crippen molar-refractivity contribution in [3.05, 3.63) is 46.7 Å². The predicted octanol–water partition coefficient (Wildman–Crippen LogP) is 3.60. The number of hydrogen-bond donors (Lipinski definition) is 1. The van der Waals surface area contributed by atoms with Crippen molar-refractivity contribution in [1.82, 2.24) is 9.78 Å². The highest BCUT2D eigenvalue weighted by molar-refractivity contribution is 6.30. The molecule has 1 atom stereocenters. The van der Waals surface area contributed by atoms with E-state index in [0.29, 0.717) is 16.3 Å². The molecule has 1 aromatic heterocycles. The van der Waals surface area contributed by atoms with Crippen molar-refractivity contribution in [2.24, 2.45) is 0 Å². The zero-order valence-electron chi connectivity index (χ0n) is 9.82. The van der Waals surface area contributed by atoms with Crippen molar-refractivity contribution in [2.75, 3.05) is 0 Å². The van der Waals surface area contributed by atoms with E-state index >= 15 is 0 Å². The van der Waals surface area contributed by atoms with E-state index in [1.54, 1.807) is 12.1 Å². The van der Waals surface area contributed by atoms with Crippen molar-refractivity contribution in [2.45, 2.75) is 19.2 Å². The van der Waals surface area contributed by atoms with E-state index in [-0.39, 0.29) is 0 Å². The fourth-order valence-electron chi connectivity index (χ4n) is 1.68. The van der Waals surface area contributed by atoms with Gasteiger partial charge in [-0.15, -0.1) is 0 Å². The van der Waals surface area contributed by atoms with Crippen LogP contribution in [0.1, 0.15) is 24.3 Å². The molecule has 0 radical (unpaired) electrons. The summed E-state index contributed by atoms with van der Waals surface area (Å²) in [5, 5.41) is 13.4. The zero-order chi connectivity index (χ0) is 14.2. The third-order valence-corrected chi connectivity index (χ3v) is 2.80. The van der Waals surface area contributed by atoms with E-state index < -0.39 is 18.0 Å². The highest BCUT2D eigenvalue weighted by Crippen LogP contribution is 2.30. The van der Waals surface area contributed by atoms with Gasteiger partial charge in [0, 0.05) is 16.8 Å². The third-order valence-electron chi connectivity index (χ3n) is 2.57. The van der Waals surface area contributed by atoms with Crippen LogP contribution in [0.4, 0.5) is 13.2 Å². The molecule has 0 bridgehead atoms. The van der Waals surface area contributed by atoms with Crippen LogP contribution in [0, 0.1) is 0 Å². The second-order valence-electron chi connectivity index (χ2n) is 4.02. The minimum atomic E-state index is -4.51. The van der Waals surface area contributed by atoms with E-state index in [1.807, 2.05) is 0 Å². The fraction of sp³-hybridized carbons (Fsp3) is 0.250. The van der Waals surface area contributed by atoms with Crippen molar-refractivity contribution in [3.8, 4) is 5.69 Å². The van der Waals surface area contributed by atoms with Gasteiger partial charge in [0.25, 0.3) is 0 Å². The van der Waals surface area contributed by atoms with E-state index in [1.165, 1.54) is 19.2 Å². The van der Waals surface area contributed by atoms with Gasteiger partial charge in [-0.1, -0.05) is 17.7 Å². The number of hydrogen-bond acceptors (Lipinski definition) is 2. The number of aliphatic hydroxyl groups is 1. The Hall–Kier alpha value is -1.53. The maximum absolute atomic E-state index is 12.5. The summed E-state index contributed by atoms with van der Waals surface area (Å²) in [4.78, 5) is 0. The van der Waals surface area contributed by atoms with Crippen LogP contribution in [0.25, 0.3) is 5.69 Å². The molecule has 0 unspecified atom stereocenters. The maximum atomic E-state index is 12.5. The topological polar surface area (TPSA) is 38.0 Å². The van der Waals surface area contributed by atoms with Crippen molar-refractivity contribution >= 4 is 11.6 Å². The lowest BCUT2D eigenvalue weighted by Gasteiger charge is -2.12.